The van der Waals surface area contributed by atoms with Gasteiger partial charge in [-0.2, -0.15) is 0 Å². The van der Waals surface area contributed by atoms with Gasteiger partial charge in [0, 0.05) is 0 Å². The zero-order valence-electron chi connectivity index (χ0n) is 17.6. The molecule has 3 aromatic carbocycles. The number of fused-ring (bicyclic) bond motifs is 7. The van der Waals surface area contributed by atoms with E-state index in [1.165, 1.54) is 24.3 Å². The molecule has 0 radical (unpaired) electrons. The second-order valence-electron chi connectivity index (χ2n) is 7.16. The summed E-state index contributed by atoms with van der Waals surface area (Å²) in [6, 6.07) is 19.0. The Hall–Kier alpha value is -4.46. The lowest BCUT2D eigenvalue weighted by Gasteiger charge is -2.15. The standard InChI is InChI=1S/C14H10O4.C11H10O4/c15-13(16)11-5-1-9(2-6-11)10-3-7-12(8-4-10)14(17)18;1-7-6-14-10(12)8-2-4-9(5-3-8)11(13)15-7/h1-8H,(H,15,16)(H,17,18);2-5,7H,6H2,1H3. The van der Waals surface area contributed by atoms with Crippen LogP contribution in [0.25, 0.3) is 11.1 Å². The van der Waals surface area contributed by atoms with E-state index in [1.807, 2.05) is 0 Å². The minimum absolute atomic E-state index is 0.0863. The van der Waals surface area contributed by atoms with E-state index in [0.29, 0.717) is 11.1 Å². The molecule has 8 nitrogen and oxygen atoms in total. The SMILES string of the molecule is CC1COC(=O)c2ccc(cc2)C(=O)O1.O=C(O)c1ccc(-c2ccc(C(=O)O)cc2)cc1. The first-order valence-electron chi connectivity index (χ1n) is 9.90. The summed E-state index contributed by atoms with van der Waals surface area (Å²) < 4.78 is 9.98. The van der Waals surface area contributed by atoms with Gasteiger partial charge in [-0.05, 0) is 66.6 Å². The average Bonchev–Trinajstić information content (AvgIpc) is 2.82. The molecule has 8 heteroatoms. The molecule has 0 spiro atoms. The summed E-state index contributed by atoms with van der Waals surface area (Å²) in [6.07, 6.45) is -0.421. The van der Waals surface area contributed by atoms with E-state index in [0.717, 1.165) is 11.1 Å². The summed E-state index contributed by atoms with van der Waals surface area (Å²) >= 11 is 0. The topological polar surface area (TPSA) is 127 Å². The number of aromatic carboxylic acids is 2. The van der Waals surface area contributed by atoms with Crippen LogP contribution >= 0.6 is 0 Å². The van der Waals surface area contributed by atoms with Gasteiger partial charge in [-0.1, -0.05) is 24.3 Å². The lowest BCUT2D eigenvalue weighted by molar-refractivity contribution is 0.00395. The van der Waals surface area contributed by atoms with E-state index in [-0.39, 0.29) is 17.7 Å². The van der Waals surface area contributed by atoms with Crippen LogP contribution in [0.1, 0.15) is 48.4 Å². The van der Waals surface area contributed by atoms with Gasteiger partial charge in [0.15, 0.2) is 0 Å². The minimum atomic E-state index is -0.970. The van der Waals surface area contributed by atoms with Crippen molar-refractivity contribution >= 4 is 23.9 Å². The molecular formula is C25H20O8. The fraction of sp³-hybridized carbons (Fsp3) is 0.120. The van der Waals surface area contributed by atoms with E-state index in [4.69, 9.17) is 19.7 Å². The summed E-state index contributed by atoms with van der Waals surface area (Å²) in [7, 11) is 0. The molecule has 0 amide bonds. The first kappa shape index (κ1) is 23.2. The second kappa shape index (κ2) is 10.2. The number of carboxylic acids is 2. The van der Waals surface area contributed by atoms with E-state index in [1.54, 1.807) is 55.5 Å². The monoisotopic (exact) mass is 448 g/mol. The van der Waals surface area contributed by atoms with Gasteiger partial charge in [-0.3, -0.25) is 0 Å². The molecule has 0 saturated heterocycles. The van der Waals surface area contributed by atoms with E-state index < -0.39 is 30.0 Å². The summed E-state index contributed by atoms with van der Waals surface area (Å²) in [4.78, 5) is 44.3. The molecule has 0 saturated carbocycles. The third-order valence-corrected chi connectivity index (χ3v) is 4.71. The van der Waals surface area contributed by atoms with Crippen LogP contribution in [-0.2, 0) is 9.47 Å². The number of esters is 2. The smallest absolute Gasteiger partial charge is 0.338 e. The minimum Gasteiger partial charge on any atom is -0.478 e. The molecule has 1 unspecified atom stereocenters. The number of hydrogen-bond acceptors (Lipinski definition) is 6. The van der Waals surface area contributed by atoms with Crippen LogP contribution in [0.2, 0.25) is 0 Å². The van der Waals surface area contributed by atoms with Gasteiger partial charge in [0.1, 0.15) is 12.7 Å². The maximum absolute atomic E-state index is 11.5. The predicted octanol–water partition coefficient (Wildman–Crippen LogP) is 4.15. The molecule has 5 rings (SSSR count). The van der Waals surface area contributed by atoms with Gasteiger partial charge in [0.2, 0.25) is 0 Å². The third kappa shape index (κ3) is 6.04. The van der Waals surface area contributed by atoms with Crippen molar-refractivity contribution in [3.63, 3.8) is 0 Å². The van der Waals surface area contributed by atoms with Crippen molar-refractivity contribution in [2.75, 3.05) is 6.61 Å². The number of carboxylic acid groups (broad SMARTS) is 2. The zero-order valence-corrected chi connectivity index (χ0v) is 17.6. The average molecular weight is 448 g/mol. The number of ether oxygens (including phenoxy) is 2. The normalized spacial score (nSPS) is 14.9. The Morgan fingerprint density at radius 2 is 1.03 bits per heavy atom. The van der Waals surface area contributed by atoms with Crippen molar-refractivity contribution in [3.8, 4) is 11.1 Å². The van der Waals surface area contributed by atoms with Crippen LogP contribution in [-0.4, -0.2) is 46.8 Å². The fourth-order valence-electron chi connectivity index (χ4n) is 2.91. The summed E-state index contributed by atoms with van der Waals surface area (Å²) in [5.74, 6) is -2.73. The molecule has 33 heavy (non-hydrogen) atoms. The van der Waals surface area contributed by atoms with Crippen LogP contribution < -0.4 is 0 Å². The molecule has 2 aliphatic rings. The van der Waals surface area contributed by atoms with E-state index in [2.05, 4.69) is 0 Å². The van der Waals surface area contributed by atoms with E-state index in [9.17, 15) is 19.2 Å². The lowest BCUT2D eigenvalue weighted by Crippen LogP contribution is -2.23. The van der Waals surface area contributed by atoms with Crippen LogP contribution in [0, 0.1) is 0 Å². The fourth-order valence-corrected chi connectivity index (χ4v) is 2.91. The molecule has 1 atom stereocenters. The van der Waals surface area contributed by atoms with Gasteiger partial charge in [0.05, 0.1) is 22.3 Å². The molecule has 3 aromatic rings. The van der Waals surface area contributed by atoms with Gasteiger partial charge in [0.25, 0.3) is 0 Å². The Morgan fingerprint density at radius 1 is 0.667 bits per heavy atom. The molecule has 2 aliphatic heterocycles. The number of hydrogen-bond donors (Lipinski definition) is 2. The first-order valence-corrected chi connectivity index (χ1v) is 9.90. The summed E-state index contributed by atoms with van der Waals surface area (Å²) in [5.41, 5.74) is 3.02. The molecule has 2 heterocycles. The largest absolute Gasteiger partial charge is 0.478 e. The third-order valence-electron chi connectivity index (χ3n) is 4.71. The number of carbonyl (C=O) groups excluding carboxylic acids is 2. The zero-order chi connectivity index (χ0) is 24.0. The Kier molecular flexibility index (Phi) is 7.20. The molecule has 168 valence electrons. The lowest BCUT2D eigenvalue weighted by atomic mass is 10.0. The predicted molar refractivity (Wildman–Crippen MR) is 117 cm³/mol. The van der Waals surface area contributed by atoms with Gasteiger partial charge in [-0.25, -0.2) is 19.2 Å². The molecular weight excluding hydrogens is 428 g/mol. The first-order chi connectivity index (χ1) is 15.7. The van der Waals surface area contributed by atoms with Crippen LogP contribution in [0.15, 0.2) is 72.8 Å². The highest BCUT2D eigenvalue weighted by molar-refractivity contribution is 5.94. The summed E-state index contributed by atoms with van der Waals surface area (Å²) in [6.45, 7) is 1.77. The highest BCUT2D eigenvalue weighted by Crippen LogP contribution is 2.20. The van der Waals surface area contributed by atoms with Crippen LogP contribution in [0.4, 0.5) is 0 Å². The van der Waals surface area contributed by atoms with Crippen molar-refractivity contribution in [1.29, 1.82) is 0 Å². The molecule has 2 N–H and O–H groups in total. The molecule has 0 aromatic heterocycles. The second-order valence-corrected chi connectivity index (χ2v) is 7.16. The van der Waals surface area contributed by atoms with Crippen LogP contribution in [0.5, 0.6) is 0 Å². The van der Waals surface area contributed by atoms with Crippen molar-refractivity contribution in [1.82, 2.24) is 0 Å². The Morgan fingerprint density at radius 3 is 1.42 bits per heavy atom. The van der Waals surface area contributed by atoms with Crippen molar-refractivity contribution in [2.45, 2.75) is 13.0 Å². The highest BCUT2D eigenvalue weighted by Gasteiger charge is 2.18. The van der Waals surface area contributed by atoms with E-state index >= 15 is 0 Å². The number of rotatable bonds is 3. The van der Waals surface area contributed by atoms with Gasteiger partial charge < -0.3 is 19.7 Å². The van der Waals surface area contributed by atoms with Crippen molar-refractivity contribution in [2.24, 2.45) is 0 Å². The Labute approximate surface area is 189 Å². The van der Waals surface area contributed by atoms with Crippen molar-refractivity contribution in [3.05, 3.63) is 95.1 Å². The molecule has 2 bridgehead atoms. The number of benzene rings is 3. The van der Waals surface area contributed by atoms with Gasteiger partial charge >= 0.3 is 23.9 Å². The highest BCUT2D eigenvalue weighted by atomic mass is 16.6. The molecule has 0 fully saturated rings. The van der Waals surface area contributed by atoms with Gasteiger partial charge in [-0.15, -0.1) is 0 Å². The quantitative estimate of drug-likeness (QED) is 0.572. The Balaban J connectivity index is 0.000000189. The molecule has 0 aliphatic carbocycles. The van der Waals surface area contributed by atoms with Crippen molar-refractivity contribution < 1.29 is 38.9 Å². The summed E-state index contributed by atoms with van der Waals surface area (Å²) in [5, 5.41) is 17.6. The van der Waals surface area contributed by atoms with Crippen LogP contribution in [0.3, 0.4) is 0 Å². The Bertz CT molecular complexity index is 1110. The number of carbonyl (C=O) groups is 4. The maximum Gasteiger partial charge on any atom is 0.338 e. The maximum atomic E-state index is 11.5.